The molecule has 0 radical (unpaired) electrons. The first-order valence-electron chi connectivity index (χ1n) is 6.41. The van der Waals surface area contributed by atoms with Gasteiger partial charge in [-0.05, 0) is 18.5 Å². The lowest BCUT2D eigenvalue weighted by Crippen LogP contribution is -2.24. The third-order valence-corrected chi connectivity index (χ3v) is 5.62. The van der Waals surface area contributed by atoms with Crippen molar-refractivity contribution in [2.24, 2.45) is 0 Å². The molecule has 2 rings (SSSR count). The van der Waals surface area contributed by atoms with E-state index in [0.717, 1.165) is 17.0 Å². The van der Waals surface area contributed by atoms with Gasteiger partial charge in [-0.2, -0.15) is 0 Å². The first kappa shape index (κ1) is 16.2. The number of rotatable bonds is 6. The van der Waals surface area contributed by atoms with Crippen molar-refractivity contribution in [3.05, 3.63) is 16.0 Å². The van der Waals surface area contributed by atoms with E-state index < -0.39 is 16.0 Å². The largest absolute Gasteiger partial charge is 0.465 e. The van der Waals surface area contributed by atoms with Crippen LogP contribution in [0.25, 0.3) is 0 Å². The zero-order valence-corrected chi connectivity index (χ0v) is 13.5. The summed E-state index contributed by atoms with van der Waals surface area (Å²) in [5, 5.41) is 3.52. The second-order valence-electron chi connectivity index (χ2n) is 4.54. The zero-order valence-electron chi connectivity index (χ0n) is 11.9. The molecule has 0 spiro atoms. The van der Waals surface area contributed by atoms with E-state index in [9.17, 15) is 13.2 Å². The Kier molecular flexibility index (Phi) is 5.20. The predicted octanol–water partition coefficient (Wildman–Crippen LogP) is 0.568. The summed E-state index contributed by atoms with van der Waals surface area (Å²) < 4.78 is 36.0. The minimum absolute atomic E-state index is 0.0928. The summed E-state index contributed by atoms with van der Waals surface area (Å²) in [5.74, 6) is -0.677. The molecule has 0 aliphatic carbocycles. The molecule has 1 aromatic heterocycles. The van der Waals surface area contributed by atoms with Crippen LogP contribution in [0.5, 0.6) is 0 Å². The molecule has 0 amide bonds. The summed E-state index contributed by atoms with van der Waals surface area (Å²) in [7, 11) is -0.829. The van der Waals surface area contributed by atoms with Crippen LogP contribution < -0.4 is 10.0 Å². The van der Waals surface area contributed by atoms with E-state index >= 15 is 0 Å². The van der Waals surface area contributed by atoms with Gasteiger partial charge < -0.3 is 14.8 Å². The Bertz CT molecular complexity index is 624. The van der Waals surface area contributed by atoms with E-state index in [1.54, 1.807) is 0 Å². The van der Waals surface area contributed by atoms with Gasteiger partial charge >= 0.3 is 5.97 Å². The molecule has 118 valence electrons. The number of carbonyl (C=O) groups is 1. The number of esters is 1. The minimum atomic E-state index is -3.55. The van der Waals surface area contributed by atoms with Crippen molar-refractivity contribution in [1.82, 2.24) is 5.32 Å². The zero-order chi connectivity index (χ0) is 15.5. The number of hydrogen-bond acceptors (Lipinski definition) is 7. The fourth-order valence-electron chi connectivity index (χ4n) is 2.11. The maximum atomic E-state index is 12.0. The second kappa shape index (κ2) is 6.73. The number of anilines is 1. The normalized spacial score (nSPS) is 14.6. The molecule has 1 aliphatic rings. The highest BCUT2D eigenvalue weighted by Gasteiger charge is 2.27. The molecule has 0 saturated carbocycles. The van der Waals surface area contributed by atoms with Crippen LogP contribution in [-0.2, 0) is 32.5 Å². The van der Waals surface area contributed by atoms with Crippen molar-refractivity contribution < 1.29 is 22.7 Å². The average Bonchev–Trinajstić information content (AvgIpc) is 2.81. The van der Waals surface area contributed by atoms with E-state index in [1.165, 1.54) is 25.6 Å². The topological polar surface area (TPSA) is 93.7 Å². The SMILES string of the molecule is COCCS(=O)(=O)Nc1sc2c(c1C(=O)OC)CCNC2. The molecule has 2 N–H and O–H groups in total. The second-order valence-corrected chi connectivity index (χ2v) is 7.49. The van der Waals surface area contributed by atoms with Crippen molar-refractivity contribution in [2.75, 3.05) is 37.8 Å². The van der Waals surface area contributed by atoms with Gasteiger partial charge in [0.1, 0.15) is 5.00 Å². The van der Waals surface area contributed by atoms with E-state index in [0.29, 0.717) is 23.5 Å². The van der Waals surface area contributed by atoms with E-state index in [-0.39, 0.29) is 12.4 Å². The van der Waals surface area contributed by atoms with Crippen LogP contribution in [0.1, 0.15) is 20.8 Å². The Balaban J connectivity index is 2.34. The molecule has 0 aromatic carbocycles. The molecule has 0 atom stereocenters. The molecule has 2 heterocycles. The van der Waals surface area contributed by atoms with Gasteiger partial charge in [-0.25, -0.2) is 13.2 Å². The van der Waals surface area contributed by atoms with Gasteiger partial charge in [0.25, 0.3) is 0 Å². The first-order chi connectivity index (χ1) is 9.98. The van der Waals surface area contributed by atoms with Crippen LogP contribution in [0.15, 0.2) is 0 Å². The molecule has 0 bridgehead atoms. The number of nitrogens with one attached hydrogen (secondary N) is 2. The van der Waals surface area contributed by atoms with Gasteiger partial charge in [0.2, 0.25) is 10.0 Å². The molecule has 0 saturated heterocycles. The van der Waals surface area contributed by atoms with Crippen molar-refractivity contribution in [3.63, 3.8) is 0 Å². The molecular weight excluding hydrogens is 316 g/mol. The van der Waals surface area contributed by atoms with Crippen molar-refractivity contribution in [2.45, 2.75) is 13.0 Å². The van der Waals surface area contributed by atoms with Crippen LogP contribution >= 0.6 is 11.3 Å². The molecule has 21 heavy (non-hydrogen) atoms. The quantitative estimate of drug-likeness (QED) is 0.739. The predicted molar refractivity (Wildman–Crippen MR) is 80.4 cm³/mol. The lowest BCUT2D eigenvalue weighted by molar-refractivity contribution is 0.0601. The number of sulfonamides is 1. The standard InChI is InChI=1S/C12H18N2O5S2/c1-18-5-6-21(16,17)14-11-10(12(15)19-2)8-3-4-13-7-9(8)20-11/h13-14H,3-7H2,1-2H3. The third-order valence-electron chi connectivity index (χ3n) is 3.12. The molecule has 9 heteroatoms. The highest BCUT2D eigenvalue weighted by Crippen LogP contribution is 2.36. The highest BCUT2D eigenvalue weighted by molar-refractivity contribution is 7.92. The third kappa shape index (κ3) is 3.73. The first-order valence-corrected chi connectivity index (χ1v) is 8.88. The van der Waals surface area contributed by atoms with Crippen LogP contribution in [0.2, 0.25) is 0 Å². The Hall–Kier alpha value is -1.16. The monoisotopic (exact) mass is 334 g/mol. The Morgan fingerprint density at radius 2 is 2.19 bits per heavy atom. The summed E-state index contributed by atoms with van der Waals surface area (Å²) in [6.45, 7) is 1.48. The summed E-state index contributed by atoms with van der Waals surface area (Å²) in [6.07, 6.45) is 0.677. The number of methoxy groups -OCH3 is 2. The molecular formula is C12H18N2O5S2. The molecule has 0 unspecified atom stereocenters. The minimum Gasteiger partial charge on any atom is -0.465 e. The van der Waals surface area contributed by atoms with Crippen LogP contribution in [-0.4, -0.2) is 47.5 Å². The maximum Gasteiger partial charge on any atom is 0.341 e. The average molecular weight is 334 g/mol. The van der Waals surface area contributed by atoms with Gasteiger partial charge in [-0.15, -0.1) is 11.3 Å². The fraction of sp³-hybridized carbons (Fsp3) is 0.583. The fourth-order valence-corrected chi connectivity index (χ4v) is 4.59. The van der Waals surface area contributed by atoms with E-state index in [2.05, 4.69) is 10.0 Å². The lowest BCUT2D eigenvalue weighted by Gasteiger charge is -2.13. The van der Waals surface area contributed by atoms with Crippen molar-refractivity contribution in [1.29, 1.82) is 0 Å². The van der Waals surface area contributed by atoms with Gasteiger partial charge in [0.05, 0.1) is 25.0 Å². The molecule has 1 aliphatic heterocycles. The van der Waals surface area contributed by atoms with Gasteiger partial charge in [0.15, 0.2) is 0 Å². The Morgan fingerprint density at radius 1 is 1.43 bits per heavy atom. The maximum absolute atomic E-state index is 12.0. The number of fused-ring (bicyclic) bond motifs is 1. The molecule has 1 aromatic rings. The van der Waals surface area contributed by atoms with Crippen LogP contribution in [0.4, 0.5) is 5.00 Å². The number of thiophene rings is 1. The summed E-state index contributed by atoms with van der Waals surface area (Å²) in [4.78, 5) is 12.9. The summed E-state index contributed by atoms with van der Waals surface area (Å²) >= 11 is 1.27. The molecule has 7 nitrogen and oxygen atoms in total. The number of ether oxygens (including phenoxy) is 2. The van der Waals surface area contributed by atoms with Crippen LogP contribution in [0.3, 0.4) is 0 Å². The Labute approximate surface area is 127 Å². The van der Waals surface area contributed by atoms with Gasteiger partial charge in [-0.1, -0.05) is 0 Å². The lowest BCUT2D eigenvalue weighted by atomic mass is 10.0. The number of hydrogen-bond donors (Lipinski definition) is 2. The highest BCUT2D eigenvalue weighted by atomic mass is 32.2. The smallest absolute Gasteiger partial charge is 0.341 e. The summed E-state index contributed by atoms with van der Waals surface area (Å²) in [6, 6.07) is 0. The van der Waals surface area contributed by atoms with E-state index in [1.807, 2.05) is 0 Å². The Morgan fingerprint density at radius 3 is 2.86 bits per heavy atom. The van der Waals surface area contributed by atoms with E-state index in [4.69, 9.17) is 9.47 Å². The van der Waals surface area contributed by atoms with Gasteiger partial charge in [-0.3, -0.25) is 4.72 Å². The number of carbonyl (C=O) groups excluding carboxylic acids is 1. The summed E-state index contributed by atoms with van der Waals surface area (Å²) in [5.41, 5.74) is 1.20. The van der Waals surface area contributed by atoms with Crippen molar-refractivity contribution >= 4 is 32.3 Å². The molecule has 0 fully saturated rings. The van der Waals surface area contributed by atoms with Crippen molar-refractivity contribution in [3.8, 4) is 0 Å². The van der Waals surface area contributed by atoms with Gasteiger partial charge in [0, 0.05) is 18.5 Å². The van der Waals surface area contributed by atoms with Crippen LogP contribution in [0, 0.1) is 0 Å².